The number of ether oxygens (including phenoxy) is 9. The SMILES string of the molecule is C=CCCCO[C@@H]1O[C@H](COC(=O)c2ccccc2)[C@@H](O[C@@H]2O[C@H](COC(=O)c3ccccc3)[C@H](O)[C@H](O)[C@H]2OC(=O)c2ccccc2)[C@H](OC(=O)c2ccccc2)[C@H]1OC(=O)c1ccccc1. The van der Waals surface area contributed by atoms with Crippen LogP contribution in [0.1, 0.15) is 64.6 Å². The number of benzene rings is 5. The van der Waals surface area contributed by atoms with Crippen molar-refractivity contribution in [2.24, 2.45) is 0 Å². The number of unbranched alkanes of at least 4 members (excludes halogenated alkanes) is 1. The predicted octanol–water partition coefficient (Wildman–Crippen LogP) is 5.92. The lowest BCUT2D eigenvalue weighted by atomic mass is 9.96. The van der Waals surface area contributed by atoms with Gasteiger partial charge >= 0.3 is 29.8 Å². The molecule has 0 spiro atoms. The van der Waals surface area contributed by atoms with E-state index >= 15 is 0 Å². The summed E-state index contributed by atoms with van der Waals surface area (Å²) in [7, 11) is 0. The van der Waals surface area contributed by atoms with E-state index in [1.165, 1.54) is 60.7 Å². The first-order valence-corrected chi connectivity index (χ1v) is 21.9. The first-order chi connectivity index (χ1) is 33.1. The number of aliphatic hydroxyl groups is 2. The number of esters is 5. The molecule has 0 unspecified atom stereocenters. The molecule has 5 aromatic carbocycles. The summed E-state index contributed by atoms with van der Waals surface area (Å²) in [5, 5.41) is 23.2. The molecular formula is C52H50O16. The number of aliphatic hydroxyl groups excluding tert-OH is 2. The van der Waals surface area contributed by atoms with Gasteiger partial charge in [0, 0.05) is 0 Å². The Hall–Kier alpha value is -7.05. The van der Waals surface area contributed by atoms with Crippen molar-refractivity contribution in [1.82, 2.24) is 0 Å². The highest BCUT2D eigenvalue weighted by atomic mass is 16.8. The van der Waals surface area contributed by atoms with Crippen molar-refractivity contribution in [3.05, 3.63) is 192 Å². The van der Waals surface area contributed by atoms with Gasteiger partial charge in [-0.2, -0.15) is 0 Å². The van der Waals surface area contributed by atoms with Crippen LogP contribution in [0.2, 0.25) is 0 Å². The van der Waals surface area contributed by atoms with E-state index in [9.17, 15) is 34.2 Å². The van der Waals surface area contributed by atoms with Gasteiger partial charge in [0.05, 0.1) is 34.4 Å². The topological polar surface area (TPSA) is 209 Å². The average Bonchev–Trinajstić information content (AvgIpc) is 3.38. The van der Waals surface area contributed by atoms with Crippen molar-refractivity contribution in [1.29, 1.82) is 0 Å². The minimum Gasteiger partial charge on any atom is -0.459 e. The second-order valence-corrected chi connectivity index (χ2v) is 15.6. The average molecular weight is 931 g/mol. The van der Waals surface area contributed by atoms with Gasteiger partial charge in [-0.3, -0.25) is 0 Å². The smallest absolute Gasteiger partial charge is 0.338 e. The van der Waals surface area contributed by atoms with Gasteiger partial charge in [-0.05, 0) is 73.5 Å². The summed E-state index contributed by atoms with van der Waals surface area (Å²) in [6.07, 6.45) is -14.4. The molecule has 354 valence electrons. The third kappa shape index (κ3) is 12.7. The van der Waals surface area contributed by atoms with Gasteiger partial charge in [-0.25, -0.2) is 24.0 Å². The van der Waals surface area contributed by atoms with Gasteiger partial charge in [-0.1, -0.05) is 97.1 Å². The van der Waals surface area contributed by atoms with Crippen LogP contribution in [0.25, 0.3) is 0 Å². The summed E-state index contributed by atoms with van der Waals surface area (Å²) in [6, 6.07) is 39.7. The third-order valence-electron chi connectivity index (χ3n) is 10.9. The van der Waals surface area contributed by atoms with E-state index in [0.29, 0.717) is 12.8 Å². The molecule has 0 amide bonds. The standard InChI is InChI=1S/C52H50O16/c1-2-3-19-30-60-51-45(67-50(59)37-28-17-8-18-29-37)44(66-49(58)36-26-15-7-16-27-36)42(39(64-51)32-62-47(56)34-22-11-5-12-23-34)68-52-43(65-48(57)35-24-13-6-14-25-35)41(54)40(53)38(63-52)31-61-46(55)33-20-9-4-10-21-33/h2,4-18,20-29,38-45,51-54H,1,3,19,30-32H2/t38-,39-,40+,41+,42-,43-,44+,45-,51-,52+/m1/s1. The Morgan fingerprint density at radius 1 is 0.471 bits per heavy atom. The van der Waals surface area contributed by atoms with E-state index in [2.05, 4.69) is 6.58 Å². The molecule has 2 aliphatic rings. The maximum atomic E-state index is 14.2. The van der Waals surface area contributed by atoms with Crippen molar-refractivity contribution in [2.75, 3.05) is 19.8 Å². The Labute approximate surface area is 391 Å². The van der Waals surface area contributed by atoms with E-state index in [1.807, 2.05) is 0 Å². The molecule has 2 saturated heterocycles. The molecule has 16 heteroatoms. The van der Waals surface area contributed by atoms with Crippen LogP contribution in [-0.4, -0.2) is 121 Å². The Kier molecular flexibility index (Phi) is 17.3. The molecule has 2 N–H and O–H groups in total. The highest BCUT2D eigenvalue weighted by Gasteiger charge is 2.56. The molecule has 68 heavy (non-hydrogen) atoms. The molecule has 0 aliphatic carbocycles. The zero-order chi connectivity index (χ0) is 47.8. The summed E-state index contributed by atoms with van der Waals surface area (Å²) in [5.74, 6) is -4.27. The van der Waals surface area contributed by atoms with Gasteiger partial charge in [0.25, 0.3) is 0 Å². The van der Waals surface area contributed by atoms with Crippen LogP contribution in [0.5, 0.6) is 0 Å². The van der Waals surface area contributed by atoms with Crippen LogP contribution < -0.4 is 0 Å². The van der Waals surface area contributed by atoms with Crippen LogP contribution in [-0.2, 0) is 42.6 Å². The molecule has 16 nitrogen and oxygen atoms in total. The lowest BCUT2D eigenvalue weighted by Gasteiger charge is -2.48. The van der Waals surface area contributed by atoms with Crippen molar-refractivity contribution in [3.8, 4) is 0 Å². The van der Waals surface area contributed by atoms with Gasteiger partial charge in [0.1, 0.15) is 43.7 Å². The van der Waals surface area contributed by atoms with Crippen LogP contribution in [0.3, 0.4) is 0 Å². The molecular weight excluding hydrogens is 881 g/mol. The minimum atomic E-state index is -1.96. The van der Waals surface area contributed by atoms with Crippen LogP contribution in [0, 0.1) is 0 Å². The first kappa shape index (κ1) is 48.9. The third-order valence-corrected chi connectivity index (χ3v) is 10.9. The molecule has 0 bridgehead atoms. The van der Waals surface area contributed by atoms with Gasteiger partial charge < -0.3 is 52.8 Å². The lowest BCUT2D eigenvalue weighted by Crippen LogP contribution is -2.66. The van der Waals surface area contributed by atoms with Crippen LogP contribution in [0.4, 0.5) is 0 Å². The molecule has 10 atom stereocenters. The number of carbonyl (C=O) groups excluding carboxylic acids is 5. The summed E-state index contributed by atoms with van der Waals surface area (Å²) in [5.41, 5.74) is 0.652. The largest absolute Gasteiger partial charge is 0.459 e. The van der Waals surface area contributed by atoms with E-state index in [0.717, 1.165) is 0 Å². The summed E-state index contributed by atoms with van der Waals surface area (Å²) in [4.78, 5) is 68.4. The van der Waals surface area contributed by atoms with Crippen molar-refractivity contribution in [3.63, 3.8) is 0 Å². The highest BCUT2D eigenvalue weighted by Crippen LogP contribution is 2.35. The molecule has 0 saturated carbocycles. The Bertz CT molecular complexity index is 2420. The molecule has 7 rings (SSSR count). The zero-order valence-electron chi connectivity index (χ0n) is 36.6. The monoisotopic (exact) mass is 930 g/mol. The van der Waals surface area contributed by atoms with Crippen LogP contribution in [0.15, 0.2) is 164 Å². The van der Waals surface area contributed by atoms with Crippen molar-refractivity contribution in [2.45, 2.75) is 74.3 Å². The fourth-order valence-corrected chi connectivity index (χ4v) is 7.36. The summed E-state index contributed by atoms with van der Waals surface area (Å²) in [6.45, 7) is 2.56. The molecule has 2 aliphatic heterocycles. The maximum Gasteiger partial charge on any atom is 0.338 e. The van der Waals surface area contributed by atoms with Gasteiger partial charge in [0.15, 0.2) is 30.9 Å². The number of carbonyl (C=O) groups is 5. The quantitative estimate of drug-likeness (QED) is 0.0427. The zero-order valence-corrected chi connectivity index (χ0v) is 36.6. The maximum absolute atomic E-state index is 14.2. The molecule has 2 fully saturated rings. The second-order valence-electron chi connectivity index (χ2n) is 15.6. The second kappa shape index (κ2) is 24.1. The van der Waals surface area contributed by atoms with Crippen LogP contribution >= 0.6 is 0 Å². The number of rotatable bonds is 19. The molecule has 5 aromatic rings. The van der Waals surface area contributed by atoms with Gasteiger partial charge in [-0.15, -0.1) is 6.58 Å². The fourth-order valence-electron chi connectivity index (χ4n) is 7.36. The Balaban J connectivity index is 1.30. The number of allylic oxidation sites excluding steroid dienone is 1. The van der Waals surface area contributed by atoms with Gasteiger partial charge in [0.2, 0.25) is 0 Å². The Morgan fingerprint density at radius 2 is 0.853 bits per heavy atom. The van der Waals surface area contributed by atoms with E-state index in [4.69, 9.17) is 42.6 Å². The van der Waals surface area contributed by atoms with Crippen molar-refractivity contribution < 1.29 is 76.8 Å². The van der Waals surface area contributed by atoms with E-state index in [1.54, 1.807) is 97.1 Å². The number of hydrogen-bond acceptors (Lipinski definition) is 16. The summed E-state index contributed by atoms with van der Waals surface area (Å²) >= 11 is 0. The van der Waals surface area contributed by atoms with E-state index < -0.39 is 104 Å². The lowest BCUT2D eigenvalue weighted by molar-refractivity contribution is -0.357. The fraction of sp³-hybridized carbons (Fsp3) is 0.288. The molecule has 2 heterocycles. The first-order valence-electron chi connectivity index (χ1n) is 21.9. The van der Waals surface area contributed by atoms with Crippen molar-refractivity contribution >= 4 is 29.8 Å². The van der Waals surface area contributed by atoms with E-state index in [-0.39, 0.29) is 34.4 Å². The molecule has 0 aromatic heterocycles. The predicted molar refractivity (Wildman–Crippen MR) is 240 cm³/mol. The normalized spacial score (nSPS) is 24.4. The number of hydrogen-bond donors (Lipinski definition) is 2. The minimum absolute atomic E-state index is 0.0359. The highest BCUT2D eigenvalue weighted by molar-refractivity contribution is 5.91. The molecule has 0 radical (unpaired) electrons. The Morgan fingerprint density at radius 3 is 1.29 bits per heavy atom. The summed E-state index contributed by atoms with van der Waals surface area (Å²) < 4.78 is 55.1.